The van der Waals surface area contributed by atoms with E-state index in [1.54, 1.807) is 6.92 Å². The van der Waals surface area contributed by atoms with Crippen molar-refractivity contribution in [3.8, 4) is 0 Å². The predicted octanol–water partition coefficient (Wildman–Crippen LogP) is 4.23. The summed E-state index contributed by atoms with van der Waals surface area (Å²) in [6, 6.07) is 8.36. The fourth-order valence-electron chi connectivity index (χ4n) is 1.02. The first-order chi connectivity index (χ1) is 8.26. The lowest BCUT2D eigenvalue weighted by Gasteiger charge is -1.96. The van der Waals surface area contributed by atoms with Crippen molar-refractivity contribution in [1.82, 2.24) is 0 Å². The number of carbonyl (C=O) groups excluding carboxylic acids is 1. The summed E-state index contributed by atoms with van der Waals surface area (Å²) in [5.74, 6) is 0. The van der Waals surface area contributed by atoms with Crippen LogP contribution in [0.25, 0.3) is 6.08 Å². The van der Waals surface area contributed by atoms with Gasteiger partial charge in [-0.25, -0.2) is 0 Å². The van der Waals surface area contributed by atoms with Gasteiger partial charge >= 0.3 is 0 Å². The van der Waals surface area contributed by atoms with Crippen molar-refractivity contribution >= 4 is 12.5 Å². The Morgan fingerprint density at radius 3 is 2.18 bits per heavy atom. The van der Waals surface area contributed by atoms with Gasteiger partial charge in [-0.15, -0.1) is 0 Å². The van der Waals surface area contributed by atoms with E-state index in [4.69, 9.17) is 0 Å². The molecule has 0 fully saturated rings. The third-order valence-corrected chi connectivity index (χ3v) is 1.77. The van der Waals surface area contributed by atoms with Crippen molar-refractivity contribution in [2.45, 2.75) is 34.6 Å². The molecule has 0 amide bonds. The summed E-state index contributed by atoms with van der Waals surface area (Å²) in [6.45, 7) is 10.8. The SMILES string of the molecule is C/C=C/c1ccccc1C.CC.CCOC=O. The van der Waals surface area contributed by atoms with Gasteiger partial charge in [0.25, 0.3) is 6.47 Å². The van der Waals surface area contributed by atoms with Crippen LogP contribution in [0.2, 0.25) is 0 Å². The number of hydrogen-bond donors (Lipinski definition) is 0. The topological polar surface area (TPSA) is 26.3 Å². The van der Waals surface area contributed by atoms with Crippen molar-refractivity contribution in [2.24, 2.45) is 0 Å². The maximum absolute atomic E-state index is 9.18. The Bertz CT molecular complexity index is 304. The van der Waals surface area contributed by atoms with E-state index in [2.05, 4.69) is 48.1 Å². The van der Waals surface area contributed by atoms with Crippen LogP contribution in [-0.2, 0) is 9.53 Å². The van der Waals surface area contributed by atoms with Gasteiger partial charge in [0, 0.05) is 0 Å². The van der Waals surface area contributed by atoms with Crippen molar-refractivity contribution in [2.75, 3.05) is 6.61 Å². The first kappa shape index (κ1) is 17.8. The molecular weight excluding hydrogens is 212 g/mol. The fourth-order valence-corrected chi connectivity index (χ4v) is 1.02. The molecule has 0 aromatic heterocycles. The summed E-state index contributed by atoms with van der Waals surface area (Å²) in [5.41, 5.74) is 2.64. The number of ether oxygens (including phenoxy) is 1. The van der Waals surface area contributed by atoms with Crippen LogP contribution in [0.3, 0.4) is 0 Å². The van der Waals surface area contributed by atoms with E-state index < -0.39 is 0 Å². The second kappa shape index (κ2) is 14.4. The van der Waals surface area contributed by atoms with Crippen molar-refractivity contribution in [1.29, 1.82) is 0 Å². The Morgan fingerprint density at radius 2 is 1.82 bits per heavy atom. The van der Waals surface area contributed by atoms with Gasteiger partial charge in [-0.05, 0) is 31.9 Å². The molecule has 17 heavy (non-hydrogen) atoms. The third kappa shape index (κ3) is 10.7. The van der Waals surface area contributed by atoms with Gasteiger partial charge in [0.2, 0.25) is 0 Å². The molecule has 0 saturated carbocycles. The normalized spacial score (nSPS) is 8.53. The molecule has 0 bridgehead atoms. The maximum atomic E-state index is 9.18. The molecule has 96 valence electrons. The van der Waals surface area contributed by atoms with Crippen LogP contribution in [0.5, 0.6) is 0 Å². The van der Waals surface area contributed by atoms with Gasteiger partial charge in [-0.1, -0.05) is 50.3 Å². The van der Waals surface area contributed by atoms with Gasteiger partial charge in [0.05, 0.1) is 6.61 Å². The molecule has 1 aromatic rings. The summed E-state index contributed by atoms with van der Waals surface area (Å²) in [5, 5.41) is 0. The van der Waals surface area contributed by atoms with E-state index in [0.29, 0.717) is 13.1 Å². The molecule has 0 spiro atoms. The van der Waals surface area contributed by atoms with E-state index in [9.17, 15) is 4.79 Å². The molecule has 2 nitrogen and oxygen atoms in total. The van der Waals surface area contributed by atoms with E-state index >= 15 is 0 Å². The lowest BCUT2D eigenvalue weighted by molar-refractivity contribution is -0.128. The average Bonchev–Trinajstić information content (AvgIpc) is 2.37. The van der Waals surface area contributed by atoms with Crippen LogP contribution < -0.4 is 0 Å². The second-order valence-corrected chi connectivity index (χ2v) is 2.91. The minimum absolute atomic E-state index is 0.431. The summed E-state index contributed by atoms with van der Waals surface area (Å²) in [7, 11) is 0. The number of carbonyl (C=O) groups is 1. The third-order valence-electron chi connectivity index (χ3n) is 1.77. The highest BCUT2D eigenvalue weighted by Gasteiger charge is 1.87. The molecule has 1 aromatic carbocycles. The molecule has 0 aliphatic carbocycles. The van der Waals surface area contributed by atoms with Crippen LogP contribution >= 0.6 is 0 Å². The molecule has 0 N–H and O–H groups in total. The zero-order valence-electron chi connectivity index (χ0n) is 11.6. The minimum Gasteiger partial charge on any atom is -0.468 e. The minimum atomic E-state index is 0.431. The van der Waals surface area contributed by atoms with Crippen LogP contribution in [0, 0.1) is 6.92 Å². The van der Waals surface area contributed by atoms with E-state index in [-0.39, 0.29) is 0 Å². The van der Waals surface area contributed by atoms with Crippen LogP contribution in [-0.4, -0.2) is 13.1 Å². The zero-order valence-corrected chi connectivity index (χ0v) is 11.6. The van der Waals surface area contributed by atoms with Gasteiger partial charge in [0.15, 0.2) is 0 Å². The van der Waals surface area contributed by atoms with Gasteiger partial charge in [0.1, 0.15) is 0 Å². The smallest absolute Gasteiger partial charge is 0.293 e. The number of aryl methyl sites for hydroxylation is 1. The Balaban J connectivity index is 0. The highest BCUT2D eigenvalue weighted by atomic mass is 16.5. The predicted molar refractivity (Wildman–Crippen MR) is 74.9 cm³/mol. The van der Waals surface area contributed by atoms with E-state index in [0.717, 1.165) is 0 Å². The first-order valence-electron chi connectivity index (χ1n) is 5.99. The van der Waals surface area contributed by atoms with Crippen molar-refractivity contribution in [3.63, 3.8) is 0 Å². The molecule has 0 unspecified atom stereocenters. The zero-order chi connectivity index (χ0) is 13.5. The summed E-state index contributed by atoms with van der Waals surface area (Å²) in [4.78, 5) is 9.18. The van der Waals surface area contributed by atoms with Crippen LogP contribution in [0.1, 0.15) is 38.8 Å². The number of hydrogen-bond acceptors (Lipinski definition) is 2. The first-order valence-corrected chi connectivity index (χ1v) is 5.99. The second-order valence-electron chi connectivity index (χ2n) is 2.91. The molecule has 0 heterocycles. The fraction of sp³-hybridized carbons (Fsp3) is 0.400. The molecule has 0 saturated heterocycles. The Hall–Kier alpha value is -1.57. The largest absolute Gasteiger partial charge is 0.468 e. The van der Waals surface area contributed by atoms with Crippen molar-refractivity contribution in [3.05, 3.63) is 41.5 Å². The Morgan fingerprint density at radius 1 is 1.24 bits per heavy atom. The lowest BCUT2D eigenvalue weighted by Crippen LogP contribution is -1.80. The van der Waals surface area contributed by atoms with Gasteiger partial charge in [-0.3, -0.25) is 4.79 Å². The average molecular weight is 236 g/mol. The van der Waals surface area contributed by atoms with Crippen LogP contribution in [0.4, 0.5) is 0 Å². The monoisotopic (exact) mass is 236 g/mol. The highest BCUT2D eigenvalue weighted by Crippen LogP contribution is 2.07. The lowest BCUT2D eigenvalue weighted by atomic mass is 10.1. The quantitative estimate of drug-likeness (QED) is 0.734. The molecule has 0 aliphatic heterocycles. The van der Waals surface area contributed by atoms with Crippen molar-refractivity contribution < 1.29 is 9.53 Å². The molecule has 0 radical (unpaired) electrons. The van der Waals surface area contributed by atoms with E-state index in [1.807, 2.05) is 20.8 Å². The Kier molecular flexibility index (Phi) is 15.1. The molecule has 1 rings (SSSR count). The molecule has 0 atom stereocenters. The van der Waals surface area contributed by atoms with Crippen LogP contribution in [0.15, 0.2) is 30.3 Å². The summed E-state index contributed by atoms with van der Waals surface area (Å²) in [6.07, 6.45) is 4.18. The standard InChI is InChI=1S/C10H12.C3H6O2.C2H6/c1-3-6-10-8-5-4-7-9(10)2;1-2-5-3-4;1-2/h3-8H,1-2H3;3H,2H2,1H3;1-2H3/b6-3+;;. The molecule has 0 aliphatic rings. The number of benzene rings is 1. The Labute approximate surface area is 105 Å². The molecular formula is C15H24O2. The molecule has 2 heteroatoms. The highest BCUT2D eigenvalue weighted by molar-refractivity contribution is 5.52. The number of rotatable bonds is 3. The number of allylic oxidation sites excluding steroid dienone is 1. The van der Waals surface area contributed by atoms with Gasteiger partial charge in [-0.2, -0.15) is 0 Å². The summed E-state index contributed by atoms with van der Waals surface area (Å²) < 4.78 is 4.15. The van der Waals surface area contributed by atoms with E-state index in [1.165, 1.54) is 11.1 Å². The maximum Gasteiger partial charge on any atom is 0.293 e. The summed E-state index contributed by atoms with van der Waals surface area (Å²) >= 11 is 0. The van der Waals surface area contributed by atoms with Gasteiger partial charge < -0.3 is 4.74 Å².